The van der Waals surface area contributed by atoms with Gasteiger partial charge in [-0.05, 0) is 24.6 Å². The number of tetrazole rings is 1. The van der Waals surface area contributed by atoms with E-state index in [0.717, 1.165) is 18.4 Å². The van der Waals surface area contributed by atoms with E-state index in [1.807, 2.05) is 6.92 Å². The molecule has 118 valence electrons. The molecule has 1 aromatic carbocycles. The standard InChI is InChI=1S/C14H18ClN5O2/c1-3-4-11(14-17-19-20-18-14)16-13(21)8-9-7-10(15)5-6-12(9)22-2/h5-7,11H,3-4,8H2,1-2H3,(H,16,21)(H,17,18,19,20). The number of benzene rings is 1. The van der Waals surface area contributed by atoms with E-state index in [2.05, 4.69) is 25.9 Å². The Balaban J connectivity index is 2.07. The van der Waals surface area contributed by atoms with Gasteiger partial charge in [0.2, 0.25) is 5.91 Å². The van der Waals surface area contributed by atoms with Crippen LogP contribution in [0.25, 0.3) is 0 Å². The van der Waals surface area contributed by atoms with Crippen molar-refractivity contribution in [3.63, 3.8) is 0 Å². The molecule has 2 aromatic rings. The van der Waals surface area contributed by atoms with Crippen LogP contribution in [0.1, 0.15) is 37.2 Å². The first-order valence-electron chi connectivity index (χ1n) is 6.99. The number of hydrogen-bond acceptors (Lipinski definition) is 5. The largest absolute Gasteiger partial charge is 0.496 e. The van der Waals surface area contributed by atoms with Gasteiger partial charge in [0, 0.05) is 10.6 Å². The maximum Gasteiger partial charge on any atom is 0.225 e. The first-order valence-corrected chi connectivity index (χ1v) is 7.37. The second kappa shape index (κ2) is 7.74. The number of rotatable bonds is 7. The molecule has 22 heavy (non-hydrogen) atoms. The van der Waals surface area contributed by atoms with E-state index in [0.29, 0.717) is 16.6 Å². The Bertz CT molecular complexity index is 618. The first-order chi connectivity index (χ1) is 10.6. The zero-order chi connectivity index (χ0) is 15.9. The van der Waals surface area contributed by atoms with Crippen molar-refractivity contribution in [1.29, 1.82) is 0 Å². The molecule has 0 fully saturated rings. The number of hydrogen-bond donors (Lipinski definition) is 2. The van der Waals surface area contributed by atoms with Crippen LogP contribution in [0.15, 0.2) is 18.2 Å². The quantitative estimate of drug-likeness (QED) is 0.813. The van der Waals surface area contributed by atoms with Crippen LogP contribution in [0.2, 0.25) is 5.02 Å². The van der Waals surface area contributed by atoms with Crippen molar-refractivity contribution in [2.75, 3.05) is 7.11 Å². The van der Waals surface area contributed by atoms with Gasteiger partial charge in [-0.3, -0.25) is 4.79 Å². The highest BCUT2D eigenvalue weighted by Crippen LogP contribution is 2.23. The van der Waals surface area contributed by atoms with Crippen molar-refractivity contribution < 1.29 is 9.53 Å². The van der Waals surface area contributed by atoms with E-state index < -0.39 is 0 Å². The molecule has 7 nitrogen and oxygen atoms in total. The van der Waals surface area contributed by atoms with Crippen LogP contribution < -0.4 is 10.1 Å². The summed E-state index contributed by atoms with van der Waals surface area (Å²) in [7, 11) is 1.56. The Morgan fingerprint density at radius 1 is 1.50 bits per heavy atom. The fraction of sp³-hybridized carbons (Fsp3) is 0.429. The van der Waals surface area contributed by atoms with Gasteiger partial charge in [0.15, 0.2) is 5.82 Å². The van der Waals surface area contributed by atoms with Gasteiger partial charge in [-0.25, -0.2) is 0 Å². The van der Waals surface area contributed by atoms with Crippen LogP contribution in [-0.2, 0) is 11.2 Å². The number of ether oxygens (including phenoxy) is 1. The monoisotopic (exact) mass is 323 g/mol. The number of H-pyrrole nitrogens is 1. The Hall–Kier alpha value is -2.15. The lowest BCUT2D eigenvalue weighted by Gasteiger charge is -2.15. The summed E-state index contributed by atoms with van der Waals surface area (Å²) in [5.41, 5.74) is 0.732. The normalized spacial score (nSPS) is 12.0. The minimum absolute atomic E-state index is 0.149. The van der Waals surface area contributed by atoms with Crippen molar-refractivity contribution in [3.8, 4) is 5.75 Å². The Labute approximate surface area is 133 Å². The van der Waals surface area contributed by atoms with E-state index >= 15 is 0 Å². The van der Waals surface area contributed by atoms with Crippen molar-refractivity contribution in [2.24, 2.45) is 0 Å². The molecule has 8 heteroatoms. The average Bonchev–Trinajstić information content (AvgIpc) is 3.01. The number of amides is 1. The van der Waals surface area contributed by atoms with E-state index in [4.69, 9.17) is 16.3 Å². The Morgan fingerprint density at radius 2 is 2.32 bits per heavy atom. The fourth-order valence-electron chi connectivity index (χ4n) is 2.18. The highest BCUT2D eigenvalue weighted by molar-refractivity contribution is 6.30. The minimum atomic E-state index is -0.263. The number of carbonyl (C=O) groups excluding carboxylic acids is 1. The van der Waals surface area contributed by atoms with Crippen molar-refractivity contribution in [2.45, 2.75) is 32.2 Å². The van der Waals surface area contributed by atoms with Gasteiger partial charge in [0.25, 0.3) is 0 Å². The molecule has 0 bridgehead atoms. The summed E-state index contributed by atoms with van der Waals surface area (Å²) >= 11 is 5.97. The highest BCUT2D eigenvalue weighted by atomic mass is 35.5. The smallest absolute Gasteiger partial charge is 0.225 e. The number of nitrogens with one attached hydrogen (secondary N) is 2. The van der Waals surface area contributed by atoms with Crippen molar-refractivity contribution in [3.05, 3.63) is 34.6 Å². The second-order valence-electron chi connectivity index (χ2n) is 4.81. The number of carbonyl (C=O) groups is 1. The van der Waals surface area contributed by atoms with Crippen LogP contribution in [0.3, 0.4) is 0 Å². The van der Waals surface area contributed by atoms with Gasteiger partial charge < -0.3 is 10.1 Å². The SMILES string of the molecule is CCCC(NC(=O)Cc1cc(Cl)ccc1OC)c1nn[nH]n1. The van der Waals surface area contributed by atoms with E-state index in [1.165, 1.54) is 0 Å². The number of methoxy groups -OCH3 is 1. The molecule has 0 aliphatic carbocycles. The molecule has 0 saturated heterocycles. The summed E-state index contributed by atoms with van der Waals surface area (Å²) < 4.78 is 5.25. The van der Waals surface area contributed by atoms with Crippen LogP contribution in [0.4, 0.5) is 0 Å². The molecular weight excluding hydrogens is 306 g/mol. The zero-order valence-corrected chi connectivity index (χ0v) is 13.2. The van der Waals surface area contributed by atoms with Crippen LogP contribution in [0.5, 0.6) is 5.75 Å². The third-order valence-corrected chi connectivity index (χ3v) is 3.41. The topological polar surface area (TPSA) is 92.8 Å². The molecule has 2 N–H and O–H groups in total. The van der Waals surface area contributed by atoms with Crippen molar-refractivity contribution >= 4 is 17.5 Å². The van der Waals surface area contributed by atoms with Gasteiger partial charge in [0.1, 0.15) is 5.75 Å². The lowest BCUT2D eigenvalue weighted by atomic mass is 10.1. The van der Waals surface area contributed by atoms with Gasteiger partial charge in [-0.15, -0.1) is 10.2 Å². The summed E-state index contributed by atoms with van der Waals surface area (Å²) in [4.78, 5) is 12.3. The maximum atomic E-state index is 12.3. The number of halogens is 1. The van der Waals surface area contributed by atoms with E-state index in [1.54, 1.807) is 25.3 Å². The number of aromatic nitrogens is 4. The van der Waals surface area contributed by atoms with E-state index in [-0.39, 0.29) is 18.4 Å². The molecule has 1 unspecified atom stereocenters. The van der Waals surface area contributed by atoms with Gasteiger partial charge in [0.05, 0.1) is 19.6 Å². The molecule has 0 aliphatic heterocycles. The summed E-state index contributed by atoms with van der Waals surface area (Å²) in [6, 6.07) is 4.93. The Kier molecular flexibility index (Phi) is 5.71. The molecule has 1 amide bonds. The summed E-state index contributed by atoms with van der Waals surface area (Å²) in [6.45, 7) is 2.03. The molecular formula is C14H18ClN5O2. The first kappa shape index (κ1) is 16.2. The highest BCUT2D eigenvalue weighted by Gasteiger charge is 2.19. The van der Waals surface area contributed by atoms with Crippen LogP contribution in [0, 0.1) is 0 Å². The molecule has 0 saturated carbocycles. The van der Waals surface area contributed by atoms with Gasteiger partial charge in [-0.2, -0.15) is 5.21 Å². The molecule has 0 radical (unpaired) electrons. The minimum Gasteiger partial charge on any atom is -0.496 e. The predicted octanol–water partition coefficient (Wildman–Crippen LogP) is 2.06. The summed E-state index contributed by atoms with van der Waals surface area (Å²) in [6.07, 6.45) is 1.79. The van der Waals surface area contributed by atoms with Gasteiger partial charge in [-0.1, -0.05) is 30.2 Å². The third kappa shape index (κ3) is 4.17. The Morgan fingerprint density at radius 3 is 2.95 bits per heavy atom. The zero-order valence-electron chi connectivity index (χ0n) is 12.5. The third-order valence-electron chi connectivity index (χ3n) is 3.18. The molecule has 2 rings (SSSR count). The number of nitrogens with zero attached hydrogens (tertiary/aromatic N) is 3. The predicted molar refractivity (Wildman–Crippen MR) is 81.7 cm³/mol. The van der Waals surface area contributed by atoms with Crippen LogP contribution >= 0.6 is 11.6 Å². The lowest BCUT2D eigenvalue weighted by molar-refractivity contribution is -0.121. The lowest BCUT2D eigenvalue weighted by Crippen LogP contribution is -2.30. The maximum absolute atomic E-state index is 12.3. The molecule has 0 aliphatic rings. The molecule has 1 heterocycles. The molecule has 1 atom stereocenters. The van der Waals surface area contributed by atoms with E-state index in [9.17, 15) is 4.79 Å². The van der Waals surface area contributed by atoms with Crippen molar-refractivity contribution in [1.82, 2.24) is 25.9 Å². The van der Waals surface area contributed by atoms with Crippen LogP contribution in [-0.4, -0.2) is 33.6 Å². The molecule has 1 aromatic heterocycles. The second-order valence-corrected chi connectivity index (χ2v) is 5.25. The number of aromatic amines is 1. The fourth-order valence-corrected chi connectivity index (χ4v) is 2.37. The molecule has 0 spiro atoms. The summed E-state index contributed by atoms with van der Waals surface area (Å²) in [5.74, 6) is 0.961. The van der Waals surface area contributed by atoms with Gasteiger partial charge >= 0.3 is 0 Å². The summed E-state index contributed by atoms with van der Waals surface area (Å²) in [5, 5.41) is 17.3. The average molecular weight is 324 g/mol.